The van der Waals surface area contributed by atoms with E-state index >= 15 is 0 Å². The first-order valence-electron chi connectivity index (χ1n) is 8.89. The van der Waals surface area contributed by atoms with E-state index in [0.717, 1.165) is 39.6 Å². The van der Waals surface area contributed by atoms with Gasteiger partial charge in [0.25, 0.3) is 0 Å². The molecule has 0 fully saturated rings. The van der Waals surface area contributed by atoms with Gasteiger partial charge < -0.3 is 19.8 Å². The van der Waals surface area contributed by atoms with Gasteiger partial charge in [-0.05, 0) is 36.4 Å². The van der Waals surface area contributed by atoms with Gasteiger partial charge in [0.2, 0.25) is 0 Å². The number of anilines is 1. The molecule has 4 aromatic rings. The molecule has 6 heteroatoms. The number of fused-ring (bicyclic) bond motifs is 2. The van der Waals surface area contributed by atoms with Gasteiger partial charge in [-0.2, -0.15) is 0 Å². The van der Waals surface area contributed by atoms with Gasteiger partial charge in [0, 0.05) is 23.3 Å². The minimum Gasteiger partial charge on any atom is -0.486 e. The second-order valence-electron chi connectivity index (χ2n) is 6.39. The Morgan fingerprint density at radius 1 is 1.04 bits per heavy atom. The number of hydrogen-bond donors (Lipinski definition) is 2. The van der Waals surface area contributed by atoms with Gasteiger partial charge in [0.05, 0.1) is 12.2 Å². The molecule has 0 saturated carbocycles. The highest BCUT2D eigenvalue weighted by Crippen LogP contribution is 2.31. The summed E-state index contributed by atoms with van der Waals surface area (Å²) in [5.41, 5.74) is 2.81. The second-order valence-corrected chi connectivity index (χ2v) is 6.39. The number of aromatic amines is 1. The van der Waals surface area contributed by atoms with Crippen molar-refractivity contribution in [3.8, 4) is 22.8 Å². The normalized spacial score (nSPS) is 15.6. The predicted octanol–water partition coefficient (Wildman–Crippen LogP) is 3.88. The molecule has 1 aliphatic rings. The van der Waals surface area contributed by atoms with Crippen LogP contribution in [0.1, 0.15) is 0 Å². The zero-order chi connectivity index (χ0) is 18.1. The molecule has 3 aromatic heterocycles. The van der Waals surface area contributed by atoms with Gasteiger partial charge in [-0.15, -0.1) is 0 Å². The summed E-state index contributed by atoms with van der Waals surface area (Å²) >= 11 is 0. The van der Waals surface area contributed by atoms with E-state index in [4.69, 9.17) is 14.5 Å². The van der Waals surface area contributed by atoms with Crippen molar-refractivity contribution in [2.75, 3.05) is 18.5 Å². The van der Waals surface area contributed by atoms with E-state index in [1.165, 1.54) is 0 Å². The summed E-state index contributed by atoms with van der Waals surface area (Å²) in [7, 11) is 0. The van der Waals surface area contributed by atoms with Gasteiger partial charge in [0.1, 0.15) is 24.2 Å². The van der Waals surface area contributed by atoms with Gasteiger partial charge in [0.15, 0.2) is 11.5 Å². The van der Waals surface area contributed by atoms with Crippen LogP contribution in [0.25, 0.3) is 22.3 Å². The minimum atomic E-state index is -0.0670. The molecule has 1 aliphatic heterocycles. The third-order valence-corrected chi connectivity index (χ3v) is 4.56. The molecule has 2 N–H and O–H groups in total. The number of benzene rings is 1. The van der Waals surface area contributed by atoms with Crippen molar-refractivity contribution in [1.82, 2.24) is 15.0 Å². The van der Waals surface area contributed by atoms with Crippen molar-refractivity contribution in [3.63, 3.8) is 0 Å². The number of H-pyrrole nitrogens is 1. The zero-order valence-electron chi connectivity index (χ0n) is 14.6. The largest absolute Gasteiger partial charge is 0.486 e. The van der Waals surface area contributed by atoms with Crippen molar-refractivity contribution < 1.29 is 9.47 Å². The number of hydrogen-bond acceptors (Lipinski definition) is 5. The van der Waals surface area contributed by atoms with Crippen LogP contribution in [0.15, 0.2) is 67.0 Å². The lowest BCUT2D eigenvalue weighted by molar-refractivity contribution is 0.0997. The van der Waals surface area contributed by atoms with Gasteiger partial charge in [-0.1, -0.05) is 18.2 Å². The van der Waals surface area contributed by atoms with Crippen molar-refractivity contribution in [2.24, 2.45) is 0 Å². The molecule has 0 amide bonds. The summed E-state index contributed by atoms with van der Waals surface area (Å²) in [5, 5.41) is 4.42. The van der Waals surface area contributed by atoms with Crippen LogP contribution in [0.2, 0.25) is 0 Å². The second kappa shape index (κ2) is 6.64. The maximum atomic E-state index is 5.99. The van der Waals surface area contributed by atoms with Crippen molar-refractivity contribution in [3.05, 3.63) is 67.0 Å². The number of ether oxygens (including phenoxy) is 2. The fourth-order valence-corrected chi connectivity index (χ4v) is 3.25. The summed E-state index contributed by atoms with van der Waals surface area (Å²) < 4.78 is 11.7. The molecule has 27 heavy (non-hydrogen) atoms. The van der Waals surface area contributed by atoms with Crippen LogP contribution in [-0.4, -0.2) is 34.2 Å². The summed E-state index contributed by atoms with van der Waals surface area (Å²) in [6.07, 6.45) is 3.62. The van der Waals surface area contributed by atoms with Gasteiger partial charge >= 0.3 is 0 Å². The first-order chi connectivity index (χ1) is 13.4. The average Bonchev–Trinajstić information content (AvgIpc) is 3.21. The summed E-state index contributed by atoms with van der Waals surface area (Å²) in [4.78, 5) is 12.2. The molecule has 1 unspecified atom stereocenters. The summed E-state index contributed by atoms with van der Waals surface area (Å²) in [6.45, 7) is 1.12. The lowest BCUT2D eigenvalue weighted by Crippen LogP contribution is -2.35. The van der Waals surface area contributed by atoms with Crippen LogP contribution in [0.4, 0.5) is 5.82 Å². The number of rotatable bonds is 4. The first-order valence-corrected chi connectivity index (χ1v) is 8.89. The van der Waals surface area contributed by atoms with Crippen LogP contribution in [0.3, 0.4) is 0 Å². The topological polar surface area (TPSA) is 72.1 Å². The highest BCUT2D eigenvalue weighted by atomic mass is 16.6. The van der Waals surface area contributed by atoms with Crippen LogP contribution >= 0.6 is 0 Å². The Kier molecular flexibility index (Phi) is 3.86. The van der Waals surface area contributed by atoms with E-state index in [0.29, 0.717) is 13.2 Å². The molecule has 0 saturated heterocycles. The SMILES string of the molecule is c1cc(NCC2COc3ccccc3O2)nc(-c2ccnc3[nH]ccc23)c1. The highest BCUT2D eigenvalue weighted by Gasteiger charge is 2.20. The molecular formula is C21H18N4O2. The maximum absolute atomic E-state index is 5.99. The molecule has 134 valence electrons. The van der Waals surface area contributed by atoms with E-state index in [1.54, 1.807) is 6.20 Å². The third-order valence-electron chi connectivity index (χ3n) is 4.56. The van der Waals surface area contributed by atoms with E-state index in [1.807, 2.05) is 60.8 Å². The molecule has 1 aromatic carbocycles. The lowest BCUT2D eigenvalue weighted by Gasteiger charge is -2.26. The molecule has 6 nitrogen and oxygen atoms in total. The molecule has 4 heterocycles. The fourth-order valence-electron chi connectivity index (χ4n) is 3.25. The highest BCUT2D eigenvalue weighted by molar-refractivity contribution is 5.91. The Labute approximate surface area is 156 Å². The zero-order valence-corrected chi connectivity index (χ0v) is 14.6. The molecule has 0 aliphatic carbocycles. The maximum Gasteiger partial charge on any atom is 0.161 e. The minimum absolute atomic E-state index is 0.0670. The van der Waals surface area contributed by atoms with E-state index in [-0.39, 0.29) is 6.10 Å². The Morgan fingerprint density at radius 3 is 2.93 bits per heavy atom. The Morgan fingerprint density at radius 2 is 1.96 bits per heavy atom. The number of aromatic nitrogens is 3. The summed E-state index contributed by atoms with van der Waals surface area (Å²) in [6, 6.07) is 17.7. The Hall–Kier alpha value is -3.54. The first kappa shape index (κ1) is 15.7. The van der Waals surface area contributed by atoms with Crippen LogP contribution in [-0.2, 0) is 0 Å². The fraction of sp³-hybridized carbons (Fsp3) is 0.143. The lowest BCUT2D eigenvalue weighted by atomic mass is 10.1. The van der Waals surface area contributed by atoms with Crippen molar-refractivity contribution in [1.29, 1.82) is 0 Å². The van der Waals surface area contributed by atoms with Gasteiger partial charge in [-0.25, -0.2) is 9.97 Å². The molecule has 1 atom stereocenters. The quantitative estimate of drug-likeness (QED) is 0.579. The molecule has 5 rings (SSSR count). The molecule has 0 radical (unpaired) electrons. The monoisotopic (exact) mass is 358 g/mol. The summed E-state index contributed by atoms with van der Waals surface area (Å²) in [5.74, 6) is 2.38. The Balaban J connectivity index is 1.33. The average molecular weight is 358 g/mol. The van der Waals surface area contributed by atoms with Crippen molar-refractivity contribution >= 4 is 16.9 Å². The number of para-hydroxylation sites is 2. The van der Waals surface area contributed by atoms with E-state index < -0.39 is 0 Å². The number of nitrogens with one attached hydrogen (secondary N) is 2. The van der Waals surface area contributed by atoms with Crippen LogP contribution in [0.5, 0.6) is 11.5 Å². The molecular weight excluding hydrogens is 340 g/mol. The van der Waals surface area contributed by atoms with Crippen LogP contribution < -0.4 is 14.8 Å². The Bertz CT molecular complexity index is 1090. The number of pyridine rings is 2. The van der Waals surface area contributed by atoms with Gasteiger partial charge in [-0.3, -0.25) is 0 Å². The van der Waals surface area contributed by atoms with Crippen molar-refractivity contribution in [2.45, 2.75) is 6.10 Å². The van der Waals surface area contributed by atoms with E-state index in [9.17, 15) is 0 Å². The number of nitrogens with zero attached hydrogens (tertiary/aromatic N) is 2. The predicted molar refractivity (Wildman–Crippen MR) is 104 cm³/mol. The van der Waals surface area contributed by atoms with Crippen LogP contribution in [0, 0.1) is 0 Å². The molecule has 0 spiro atoms. The smallest absolute Gasteiger partial charge is 0.161 e. The molecule has 0 bridgehead atoms. The third kappa shape index (κ3) is 3.06. The van der Waals surface area contributed by atoms with E-state index in [2.05, 4.69) is 15.3 Å². The standard InChI is InChI=1S/C21H18N4O2/c1-2-6-19-18(5-1)26-13-14(27-19)12-24-20-7-3-4-17(25-20)15-8-10-22-21-16(15)9-11-23-21/h1-11,14H,12-13H2,(H,22,23)(H,24,25).